The zero-order valence-electron chi connectivity index (χ0n) is 10.9. The Morgan fingerprint density at radius 3 is 2.76 bits per heavy atom. The highest BCUT2D eigenvalue weighted by atomic mass is 32.2. The normalized spacial score (nSPS) is 15.5. The van der Waals surface area contributed by atoms with Crippen molar-refractivity contribution in [3.8, 4) is 0 Å². The highest BCUT2D eigenvalue weighted by Crippen LogP contribution is 2.35. The molecule has 0 spiro atoms. The molecule has 0 saturated heterocycles. The Bertz CT molecular complexity index is 743. The van der Waals surface area contributed by atoms with Crippen molar-refractivity contribution in [3.05, 3.63) is 41.2 Å². The van der Waals surface area contributed by atoms with Crippen molar-refractivity contribution in [2.24, 2.45) is 0 Å². The average Bonchev–Trinajstić information content (AvgIpc) is 2.95. The summed E-state index contributed by atoms with van der Waals surface area (Å²) in [6.07, 6.45) is 3.13. The third-order valence-electron chi connectivity index (χ3n) is 3.23. The molecule has 1 fully saturated rings. The minimum Gasteiger partial charge on any atom is -0.478 e. The maximum atomic E-state index is 12.7. The molecule has 8 heteroatoms. The summed E-state index contributed by atoms with van der Waals surface area (Å²) in [5, 5.41) is 10.3. The van der Waals surface area contributed by atoms with Gasteiger partial charge in [0, 0.05) is 11.4 Å². The predicted octanol–water partition coefficient (Wildman–Crippen LogP) is 2.39. The Kier molecular flexibility index (Phi) is 3.60. The number of furan rings is 1. The van der Waals surface area contributed by atoms with Gasteiger partial charge in [-0.3, -0.25) is 0 Å². The van der Waals surface area contributed by atoms with Gasteiger partial charge in [-0.05, 0) is 31.0 Å². The van der Waals surface area contributed by atoms with Gasteiger partial charge in [-0.2, -0.15) is 4.31 Å². The largest absolute Gasteiger partial charge is 0.478 e. The molecule has 1 aliphatic rings. The van der Waals surface area contributed by atoms with Crippen LogP contribution in [0.15, 0.2) is 38.5 Å². The van der Waals surface area contributed by atoms with E-state index in [2.05, 4.69) is 0 Å². The Morgan fingerprint density at radius 1 is 1.48 bits per heavy atom. The van der Waals surface area contributed by atoms with Crippen LogP contribution < -0.4 is 0 Å². The van der Waals surface area contributed by atoms with Crippen LogP contribution in [-0.2, 0) is 16.6 Å². The first kappa shape index (κ1) is 14.3. The van der Waals surface area contributed by atoms with Crippen LogP contribution in [0.5, 0.6) is 0 Å². The van der Waals surface area contributed by atoms with Crippen molar-refractivity contribution in [3.63, 3.8) is 0 Å². The summed E-state index contributed by atoms with van der Waals surface area (Å²) in [6, 6.07) is 4.61. The van der Waals surface area contributed by atoms with Gasteiger partial charge in [-0.1, -0.05) is 0 Å². The lowest BCUT2D eigenvalue weighted by Crippen LogP contribution is -2.32. The molecule has 0 unspecified atom stereocenters. The molecule has 2 aromatic heterocycles. The molecule has 6 nitrogen and oxygen atoms in total. The van der Waals surface area contributed by atoms with Crippen LogP contribution in [0.2, 0.25) is 0 Å². The zero-order chi connectivity index (χ0) is 15.0. The van der Waals surface area contributed by atoms with E-state index in [1.54, 1.807) is 12.1 Å². The van der Waals surface area contributed by atoms with Gasteiger partial charge in [0.05, 0.1) is 18.4 Å². The summed E-state index contributed by atoms with van der Waals surface area (Å²) >= 11 is 0.930. The molecule has 0 radical (unpaired) electrons. The fraction of sp³-hybridized carbons (Fsp3) is 0.308. The smallest absolute Gasteiger partial charge is 0.336 e. The second kappa shape index (κ2) is 5.28. The predicted molar refractivity (Wildman–Crippen MR) is 75.7 cm³/mol. The van der Waals surface area contributed by atoms with E-state index in [1.807, 2.05) is 0 Å². The molecule has 0 bridgehead atoms. The number of carboxylic acid groups (broad SMARTS) is 1. The van der Waals surface area contributed by atoms with Crippen LogP contribution in [0.25, 0.3) is 0 Å². The fourth-order valence-electron chi connectivity index (χ4n) is 2.01. The van der Waals surface area contributed by atoms with Crippen molar-refractivity contribution < 1.29 is 22.7 Å². The minimum absolute atomic E-state index is 0.00711. The molecular formula is C13H13NO5S2. The Morgan fingerprint density at radius 2 is 2.24 bits per heavy atom. The summed E-state index contributed by atoms with van der Waals surface area (Å²) in [4.78, 5) is 10.9. The van der Waals surface area contributed by atoms with Crippen LogP contribution in [0.1, 0.15) is 29.0 Å². The SMILES string of the molecule is O=C(O)c1csc(S(=O)(=O)N(Cc2ccco2)C2CC2)c1. The Labute approximate surface area is 125 Å². The van der Waals surface area contributed by atoms with Gasteiger partial charge < -0.3 is 9.52 Å². The van der Waals surface area contributed by atoms with E-state index in [0.717, 1.165) is 24.2 Å². The number of carbonyl (C=O) groups is 1. The first-order chi connectivity index (χ1) is 9.98. The van der Waals surface area contributed by atoms with Gasteiger partial charge in [-0.25, -0.2) is 13.2 Å². The van der Waals surface area contributed by atoms with E-state index in [9.17, 15) is 13.2 Å². The number of hydrogen-bond donors (Lipinski definition) is 1. The average molecular weight is 327 g/mol. The van der Waals surface area contributed by atoms with Gasteiger partial charge in [-0.15, -0.1) is 11.3 Å². The summed E-state index contributed by atoms with van der Waals surface area (Å²) in [7, 11) is -3.70. The van der Waals surface area contributed by atoms with Crippen LogP contribution in [0.4, 0.5) is 0 Å². The summed E-state index contributed by atoms with van der Waals surface area (Å²) in [5.41, 5.74) is -0.00711. The van der Waals surface area contributed by atoms with E-state index in [1.165, 1.54) is 22.0 Å². The molecule has 21 heavy (non-hydrogen) atoms. The first-order valence-corrected chi connectivity index (χ1v) is 8.66. The van der Waals surface area contributed by atoms with Crippen molar-refractivity contribution in [2.75, 3.05) is 0 Å². The first-order valence-electron chi connectivity index (χ1n) is 6.34. The molecule has 1 aliphatic carbocycles. The molecule has 112 valence electrons. The van der Waals surface area contributed by atoms with Crippen molar-refractivity contribution >= 4 is 27.3 Å². The van der Waals surface area contributed by atoms with Crippen molar-refractivity contribution in [2.45, 2.75) is 29.6 Å². The zero-order valence-corrected chi connectivity index (χ0v) is 12.6. The second-order valence-corrected chi connectivity index (χ2v) is 7.85. The number of sulfonamides is 1. The van der Waals surface area contributed by atoms with E-state index < -0.39 is 16.0 Å². The van der Waals surface area contributed by atoms with E-state index in [-0.39, 0.29) is 22.4 Å². The molecule has 1 N–H and O–H groups in total. The van der Waals surface area contributed by atoms with E-state index in [4.69, 9.17) is 9.52 Å². The molecule has 0 amide bonds. The second-order valence-electron chi connectivity index (χ2n) is 4.82. The van der Waals surface area contributed by atoms with Crippen molar-refractivity contribution in [1.82, 2.24) is 4.31 Å². The lowest BCUT2D eigenvalue weighted by atomic mass is 10.4. The highest BCUT2D eigenvalue weighted by molar-refractivity contribution is 7.91. The van der Waals surface area contributed by atoms with Crippen LogP contribution in [-0.4, -0.2) is 29.8 Å². The monoisotopic (exact) mass is 327 g/mol. The molecule has 1 saturated carbocycles. The number of rotatable bonds is 6. The molecule has 2 aromatic rings. The number of aromatic carboxylic acids is 1. The van der Waals surface area contributed by atoms with Crippen LogP contribution in [0.3, 0.4) is 0 Å². The van der Waals surface area contributed by atoms with Gasteiger partial charge in [0.2, 0.25) is 0 Å². The van der Waals surface area contributed by atoms with Gasteiger partial charge >= 0.3 is 5.97 Å². The standard InChI is InChI=1S/C13H13NO5S2/c15-13(16)9-6-12(20-8-9)21(17,18)14(10-3-4-10)7-11-2-1-5-19-11/h1-2,5-6,8,10H,3-4,7H2,(H,15,16). The maximum Gasteiger partial charge on any atom is 0.336 e. The molecule has 0 aromatic carbocycles. The molecule has 2 heterocycles. The number of thiophene rings is 1. The van der Waals surface area contributed by atoms with E-state index in [0.29, 0.717) is 5.76 Å². The fourth-order valence-corrected chi connectivity index (χ4v) is 4.94. The number of carboxylic acids is 1. The molecular weight excluding hydrogens is 314 g/mol. The van der Waals surface area contributed by atoms with E-state index >= 15 is 0 Å². The maximum absolute atomic E-state index is 12.7. The molecule has 0 aliphatic heterocycles. The molecule has 3 rings (SSSR count). The quantitative estimate of drug-likeness (QED) is 0.880. The van der Waals surface area contributed by atoms with Crippen LogP contribution >= 0.6 is 11.3 Å². The topological polar surface area (TPSA) is 87.8 Å². The number of nitrogens with zero attached hydrogens (tertiary/aromatic N) is 1. The molecule has 0 atom stereocenters. The number of hydrogen-bond acceptors (Lipinski definition) is 5. The lowest BCUT2D eigenvalue weighted by Gasteiger charge is -2.19. The third-order valence-corrected chi connectivity index (χ3v) is 6.54. The third kappa shape index (κ3) is 2.87. The summed E-state index contributed by atoms with van der Waals surface area (Å²) in [6.45, 7) is 0.167. The Balaban J connectivity index is 1.91. The summed E-state index contributed by atoms with van der Waals surface area (Å²) in [5.74, 6) is -0.558. The summed E-state index contributed by atoms with van der Waals surface area (Å²) < 4.78 is 32.0. The minimum atomic E-state index is -3.70. The Hall–Kier alpha value is -1.64. The van der Waals surface area contributed by atoms with Gasteiger partial charge in [0.25, 0.3) is 10.0 Å². The van der Waals surface area contributed by atoms with Crippen molar-refractivity contribution in [1.29, 1.82) is 0 Å². The van der Waals surface area contributed by atoms with Gasteiger partial charge in [0.1, 0.15) is 9.97 Å². The van der Waals surface area contributed by atoms with Crippen LogP contribution in [0, 0.1) is 0 Å². The highest BCUT2D eigenvalue weighted by Gasteiger charge is 2.39. The van der Waals surface area contributed by atoms with Gasteiger partial charge in [0.15, 0.2) is 0 Å². The lowest BCUT2D eigenvalue weighted by molar-refractivity contribution is 0.0697.